The van der Waals surface area contributed by atoms with Crippen molar-refractivity contribution in [2.24, 2.45) is 0 Å². The number of piperazine rings is 1. The minimum atomic E-state index is -0.268. The Hall–Kier alpha value is -4.10. The van der Waals surface area contributed by atoms with Crippen LogP contribution in [-0.4, -0.2) is 65.9 Å². The van der Waals surface area contributed by atoms with Gasteiger partial charge in [-0.05, 0) is 30.2 Å². The van der Waals surface area contributed by atoms with Crippen LogP contribution in [0.2, 0.25) is 0 Å². The lowest BCUT2D eigenvalue weighted by Crippen LogP contribution is -2.50. The molecule has 1 aliphatic carbocycles. The number of rotatable bonds is 5. The van der Waals surface area contributed by atoms with Gasteiger partial charge in [0.1, 0.15) is 0 Å². The second-order valence-corrected chi connectivity index (χ2v) is 9.10. The molecule has 0 atom stereocenters. The zero-order valence-electron chi connectivity index (χ0n) is 20.1. The second kappa shape index (κ2) is 9.87. The maximum atomic E-state index is 13.1. The molecular formula is C29H27N3O4. The molecule has 7 heteroatoms. The summed E-state index contributed by atoms with van der Waals surface area (Å²) in [6.45, 7) is 4.43. The third-order valence-corrected chi connectivity index (χ3v) is 6.86. The van der Waals surface area contributed by atoms with Gasteiger partial charge in [-0.3, -0.25) is 24.1 Å². The van der Waals surface area contributed by atoms with Crippen molar-refractivity contribution in [3.8, 4) is 0 Å². The summed E-state index contributed by atoms with van der Waals surface area (Å²) in [4.78, 5) is 55.6. The lowest BCUT2D eigenvalue weighted by atomic mass is 9.83. The Bertz CT molecular complexity index is 1360. The van der Waals surface area contributed by atoms with Gasteiger partial charge in [0, 0.05) is 48.4 Å². The molecule has 1 aliphatic heterocycles. The van der Waals surface area contributed by atoms with E-state index in [9.17, 15) is 19.2 Å². The molecule has 0 aromatic heterocycles. The normalized spacial score (nSPS) is 15.3. The summed E-state index contributed by atoms with van der Waals surface area (Å²) < 4.78 is 0. The van der Waals surface area contributed by atoms with Crippen molar-refractivity contribution < 1.29 is 19.2 Å². The van der Waals surface area contributed by atoms with Gasteiger partial charge in [0.15, 0.2) is 11.6 Å². The minimum absolute atomic E-state index is 0.00105. The number of hydrogen-bond donors (Lipinski definition) is 1. The smallest absolute Gasteiger partial charge is 0.253 e. The summed E-state index contributed by atoms with van der Waals surface area (Å²) in [5, 5.41) is 2.84. The van der Waals surface area contributed by atoms with Gasteiger partial charge in [-0.2, -0.15) is 0 Å². The van der Waals surface area contributed by atoms with Gasteiger partial charge in [0.2, 0.25) is 5.91 Å². The van der Waals surface area contributed by atoms with E-state index in [0.29, 0.717) is 54.1 Å². The number of amides is 2. The first-order valence-electron chi connectivity index (χ1n) is 12.2. The average Bonchev–Trinajstić information content (AvgIpc) is 2.91. The highest BCUT2D eigenvalue weighted by atomic mass is 16.2. The molecule has 5 rings (SSSR count). The van der Waals surface area contributed by atoms with Crippen LogP contribution in [0.5, 0.6) is 0 Å². The van der Waals surface area contributed by atoms with Crippen LogP contribution in [0, 0.1) is 0 Å². The van der Waals surface area contributed by atoms with E-state index in [4.69, 9.17) is 0 Å². The SMILES string of the molecule is CCc1ccc(C(=O)N2CCN(CC(=O)Nc3cccc4c3C(=O)c3ccccc3C4=O)CC2)cc1. The number of anilines is 1. The number of carbonyl (C=O) groups is 4. The fourth-order valence-corrected chi connectivity index (χ4v) is 4.82. The van der Waals surface area contributed by atoms with Crippen LogP contribution in [0.4, 0.5) is 5.69 Å². The van der Waals surface area contributed by atoms with Gasteiger partial charge in [0.05, 0.1) is 17.8 Å². The molecule has 1 N–H and O–H groups in total. The van der Waals surface area contributed by atoms with Crippen LogP contribution in [0.25, 0.3) is 0 Å². The molecular weight excluding hydrogens is 454 g/mol. The van der Waals surface area contributed by atoms with E-state index in [0.717, 1.165) is 6.42 Å². The van der Waals surface area contributed by atoms with Crippen LogP contribution >= 0.6 is 0 Å². The monoisotopic (exact) mass is 481 g/mol. The molecule has 36 heavy (non-hydrogen) atoms. The maximum absolute atomic E-state index is 13.1. The molecule has 7 nitrogen and oxygen atoms in total. The third-order valence-electron chi connectivity index (χ3n) is 6.86. The number of fused-ring (bicyclic) bond motifs is 2. The van der Waals surface area contributed by atoms with Crippen molar-refractivity contribution in [2.45, 2.75) is 13.3 Å². The van der Waals surface area contributed by atoms with Gasteiger partial charge >= 0.3 is 0 Å². The molecule has 1 fully saturated rings. The third kappa shape index (κ3) is 4.45. The second-order valence-electron chi connectivity index (χ2n) is 9.10. The lowest BCUT2D eigenvalue weighted by molar-refractivity contribution is -0.117. The van der Waals surface area contributed by atoms with Gasteiger partial charge in [-0.15, -0.1) is 0 Å². The molecule has 1 heterocycles. The summed E-state index contributed by atoms with van der Waals surface area (Å²) in [6.07, 6.45) is 0.929. The quantitative estimate of drug-likeness (QED) is 0.472. The first kappa shape index (κ1) is 23.6. The predicted molar refractivity (Wildman–Crippen MR) is 137 cm³/mol. The zero-order chi connectivity index (χ0) is 25.2. The van der Waals surface area contributed by atoms with Crippen LogP contribution in [-0.2, 0) is 11.2 Å². The molecule has 0 saturated carbocycles. The van der Waals surface area contributed by atoms with Gasteiger partial charge in [-0.25, -0.2) is 0 Å². The molecule has 0 spiro atoms. The highest BCUT2D eigenvalue weighted by molar-refractivity contribution is 6.30. The largest absolute Gasteiger partial charge is 0.336 e. The summed E-state index contributed by atoms with van der Waals surface area (Å²) in [5.41, 5.74) is 3.48. The van der Waals surface area contributed by atoms with E-state index in [1.54, 1.807) is 42.5 Å². The summed E-state index contributed by atoms with van der Waals surface area (Å²) >= 11 is 0. The molecule has 0 unspecified atom stereocenters. The van der Waals surface area contributed by atoms with Gasteiger partial charge < -0.3 is 10.2 Å². The first-order chi connectivity index (χ1) is 17.5. The minimum Gasteiger partial charge on any atom is -0.336 e. The maximum Gasteiger partial charge on any atom is 0.253 e. The zero-order valence-corrected chi connectivity index (χ0v) is 20.1. The molecule has 2 aliphatic rings. The van der Waals surface area contributed by atoms with E-state index in [1.165, 1.54) is 5.56 Å². The van der Waals surface area contributed by atoms with Crippen LogP contribution in [0.3, 0.4) is 0 Å². The Balaban J connectivity index is 1.21. The van der Waals surface area contributed by atoms with E-state index < -0.39 is 0 Å². The van der Waals surface area contributed by atoms with Crippen molar-refractivity contribution in [3.05, 3.63) is 100 Å². The van der Waals surface area contributed by atoms with Crippen LogP contribution < -0.4 is 5.32 Å². The molecule has 182 valence electrons. The Labute approximate surface area is 209 Å². The van der Waals surface area contributed by atoms with E-state index in [-0.39, 0.29) is 35.5 Å². The van der Waals surface area contributed by atoms with Crippen molar-refractivity contribution in [3.63, 3.8) is 0 Å². The predicted octanol–water partition coefficient (Wildman–Crippen LogP) is 3.42. The number of benzene rings is 3. The van der Waals surface area contributed by atoms with Crippen molar-refractivity contribution in [1.82, 2.24) is 9.80 Å². The number of aryl methyl sites for hydroxylation is 1. The fourth-order valence-electron chi connectivity index (χ4n) is 4.82. The summed E-state index contributed by atoms with van der Waals surface area (Å²) in [5.74, 6) is -0.754. The number of nitrogens with one attached hydrogen (secondary N) is 1. The number of ketones is 2. The number of nitrogens with zero attached hydrogens (tertiary/aromatic N) is 2. The van der Waals surface area contributed by atoms with Crippen molar-refractivity contribution in [2.75, 3.05) is 38.0 Å². The average molecular weight is 482 g/mol. The van der Waals surface area contributed by atoms with Crippen molar-refractivity contribution >= 4 is 29.1 Å². The van der Waals surface area contributed by atoms with Crippen molar-refractivity contribution in [1.29, 1.82) is 0 Å². The number of hydrogen-bond acceptors (Lipinski definition) is 5. The Kier molecular flexibility index (Phi) is 6.48. The molecule has 3 aromatic rings. The lowest BCUT2D eigenvalue weighted by Gasteiger charge is -2.34. The fraction of sp³-hybridized carbons (Fsp3) is 0.241. The molecule has 1 saturated heterocycles. The summed E-state index contributed by atoms with van der Waals surface area (Å²) in [7, 11) is 0. The topological polar surface area (TPSA) is 86.8 Å². The summed E-state index contributed by atoms with van der Waals surface area (Å²) in [6, 6.07) is 19.4. The van der Waals surface area contributed by atoms with E-state index >= 15 is 0 Å². The Morgan fingerprint density at radius 3 is 2.08 bits per heavy atom. The Morgan fingerprint density at radius 2 is 1.42 bits per heavy atom. The standard InChI is InChI=1S/C29H27N3O4/c1-2-19-10-12-20(13-11-19)29(36)32-16-14-31(15-17-32)18-25(33)30-24-9-5-8-23-26(24)28(35)22-7-4-3-6-21(22)27(23)34/h3-13H,2,14-18H2,1H3,(H,30,33). The van der Waals surface area contributed by atoms with Gasteiger partial charge in [0.25, 0.3) is 5.91 Å². The van der Waals surface area contributed by atoms with Crippen LogP contribution in [0.1, 0.15) is 54.7 Å². The Morgan fingerprint density at radius 1 is 0.778 bits per heavy atom. The van der Waals surface area contributed by atoms with Crippen LogP contribution in [0.15, 0.2) is 66.7 Å². The van der Waals surface area contributed by atoms with Gasteiger partial charge in [-0.1, -0.05) is 55.5 Å². The highest BCUT2D eigenvalue weighted by Gasteiger charge is 2.32. The molecule has 0 bridgehead atoms. The molecule has 0 radical (unpaired) electrons. The first-order valence-corrected chi connectivity index (χ1v) is 12.2. The molecule has 2 amide bonds. The highest BCUT2D eigenvalue weighted by Crippen LogP contribution is 2.31. The molecule has 3 aromatic carbocycles. The van der Waals surface area contributed by atoms with E-state index in [2.05, 4.69) is 12.2 Å². The number of carbonyl (C=O) groups excluding carboxylic acids is 4. The van der Waals surface area contributed by atoms with E-state index in [1.807, 2.05) is 34.1 Å².